The molecule has 0 amide bonds. The summed E-state index contributed by atoms with van der Waals surface area (Å²) >= 11 is 0. The van der Waals surface area contributed by atoms with Gasteiger partial charge >= 0.3 is 13.8 Å². The van der Waals surface area contributed by atoms with Crippen LogP contribution in [0.4, 0.5) is 0 Å². The number of allylic oxidation sites excluding steroid dienone is 9. The van der Waals surface area contributed by atoms with Gasteiger partial charge in [0.2, 0.25) is 0 Å². The van der Waals surface area contributed by atoms with Crippen molar-refractivity contribution in [3.05, 3.63) is 60.9 Å². The van der Waals surface area contributed by atoms with E-state index in [2.05, 4.69) is 62.5 Å². The monoisotopic (exact) mass is 752 g/mol. The van der Waals surface area contributed by atoms with E-state index in [0.717, 1.165) is 51.4 Å². The van der Waals surface area contributed by atoms with Crippen molar-refractivity contribution in [3.63, 3.8) is 0 Å². The Morgan fingerprint density at radius 2 is 1.04 bits per heavy atom. The van der Waals surface area contributed by atoms with Gasteiger partial charge in [0.25, 0.3) is 0 Å². The van der Waals surface area contributed by atoms with Crippen molar-refractivity contribution in [2.24, 2.45) is 5.73 Å². The molecule has 0 saturated carbocycles. The summed E-state index contributed by atoms with van der Waals surface area (Å²) in [5.74, 6) is -0.383. The minimum Gasteiger partial charge on any atom is -0.498 e. The van der Waals surface area contributed by atoms with Gasteiger partial charge in [0.15, 0.2) is 6.10 Å². The summed E-state index contributed by atoms with van der Waals surface area (Å²) in [7, 11) is -4.30. The summed E-state index contributed by atoms with van der Waals surface area (Å²) in [5.41, 5.74) is 5.35. The molecule has 0 heterocycles. The number of phosphoric acid groups is 1. The third kappa shape index (κ3) is 39.3. The minimum absolute atomic E-state index is 0.0175. The summed E-state index contributed by atoms with van der Waals surface area (Å²) in [6.07, 6.45) is 49.0. The Hall–Kier alpha value is -1.96. The molecule has 0 aliphatic rings. The van der Waals surface area contributed by atoms with E-state index >= 15 is 0 Å². The minimum atomic E-state index is -4.30. The average molecular weight is 752 g/mol. The molecule has 52 heavy (non-hydrogen) atoms. The maximum Gasteiger partial charge on any atom is 0.472 e. The van der Waals surface area contributed by atoms with Crippen molar-refractivity contribution in [2.45, 2.75) is 180 Å². The molecule has 1 unspecified atom stereocenters. The van der Waals surface area contributed by atoms with Gasteiger partial charge in [-0.25, -0.2) is 4.57 Å². The highest BCUT2D eigenvalue weighted by molar-refractivity contribution is 7.47. The van der Waals surface area contributed by atoms with Gasteiger partial charge in [0, 0.05) is 13.0 Å². The number of esters is 1. The molecule has 0 rings (SSSR count). The molecule has 9 heteroatoms. The van der Waals surface area contributed by atoms with Crippen molar-refractivity contribution in [3.8, 4) is 0 Å². The standard InChI is InChI=1S/C43H78NO7P/c1-3-5-7-9-11-13-15-17-19-20-21-22-23-24-26-28-30-32-34-36-43(45)51-42(41-50-52(46,47)49-39-37-44)40-48-38-35-33-31-29-27-25-18-16-14-12-10-8-6-4-2/h11,13,17,19,21-22,24,26,35,38,42H,3-10,12,14-16,18,20,23,25,27-34,36-37,39-41,44H2,1-2H3,(H,46,47)/b13-11-,19-17-,22-21-,26-24-,38-35-/t42-/m1/s1. The van der Waals surface area contributed by atoms with Crippen molar-refractivity contribution < 1.29 is 32.8 Å². The second kappa shape index (κ2) is 40.2. The Morgan fingerprint density at radius 3 is 1.58 bits per heavy atom. The molecule has 0 fully saturated rings. The SMILES string of the molecule is CCCCC/C=C\C/C=C\C/C=C\C/C=C\CCCCCC(=O)O[C@H](CO/C=C\CCCCCCCCCCCCCC)COP(=O)(O)OCCN. The number of phosphoric ester groups is 1. The van der Waals surface area contributed by atoms with Gasteiger partial charge in [-0.1, -0.05) is 152 Å². The van der Waals surface area contributed by atoms with Gasteiger partial charge < -0.3 is 20.1 Å². The lowest BCUT2D eigenvalue weighted by Gasteiger charge is -2.19. The number of hydrogen-bond acceptors (Lipinski definition) is 7. The van der Waals surface area contributed by atoms with E-state index in [0.29, 0.717) is 6.42 Å². The van der Waals surface area contributed by atoms with E-state index in [1.54, 1.807) is 6.26 Å². The summed E-state index contributed by atoms with van der Waals surface area (Å²) in [6.45, 7) is 4.16. The number of carbonyl (C=O) groups is 1. The Bertz CT molecular complexity index is 979. The van der Waals surface area contributed by atoms with E-state index in [1.807, 2.05) is 6.08 Å². The molecule has 2 atom stereocenters. The lowest BCUT2D eigenvalue weighted by molar-refractivity contribution is -0.153. The van der Waals surface area contributed by atoms with Gasteiger partial charge in [0.05, 0.1) is 19.5 Å². The first-order valence-electron chi connectivity index (χ1n) is 20.8. The molecule has 0 aliphatic heterocycles. The summed E-state index contributed by atoms with van der Waals surface area (Å²) in [6, 6.07) is 0. The van der Waals surface area contributed by atoms with Crippen molar-refractivity contribution in [1.82, 2.24) is 0 Å². The summed E-state index contributed by atoms with van der Waals surface area (Å²) in [5, 5.41) is 0. The molecule has 0 saturated heterocycles. The Labute approximate surface area is 319 Å². The number of carbonyl (C=O) groups excluding carboxylic acids is 1. The van der Waals surface area contributed by atoms with Gasteiger partial charge in [-0.3, -0.25) is 13.8 Å². The van der Waals surface area contributed by atoms with Crippen LogP contribution in [-0.2, 0) is 27.9 Å². The van der Waals surface area contributed by atoms with Crippen molar-refractivity contribution in [1.29, 1.82) is 0 Å². The molecular weight excluding hydrogens is 673 g/mol. The first kappa shape index (κ1) is 50.0. The lowest BCUT2D eigenvalue weighted by atomic mass is 10.0. The maximum absolute atomic E-state index is 12.5. The molecule has 8 nitrogen and oxygen atoms in total. The lowest BCUT2D eigenvalue weighted by Crippen LogP contribution is -2.27. The van der Waals surface area contributed by atoms with E-state index < -0.39 is 13.9 Å². The second-order valence-electron chi connectivity index (χ2n) is 13.6. The topological polar surface area (TPSA) is 117 Å². The van der Waals surface area contributed by atoms with E-state index in [1.165, 1.54) is 96.3 Å². The van der Waals surface area contributed by atoms with Gasteiger partial charge in [-0.15, -0.1) is 0 Å². The third-order valence-electron chi connectivity index (χ3n) is 8.50. The van der Waals surface area contributed by atoms with Crippen LogP contribution in [0.5, 0.6) is 0 Å². The number of unbranched alkanes of at least 4 members (excludes halogenated alkanes) is 18. The van der Waals surface area contributed by atoms with Crippen LogP contribution in [0.2, 0.25) is 0 Å². The van der Waals surface area contributed by atoms with E-state index in [-0.39, 0.29) is 38.8 Å². The van der Waals surface area contributed by atoms with Crippen LogP contribution in [0, 0.1) is 0 Å². The van der Waals surface area contributed by atoms with Crippen molar-refractivity contribution in [2.75, 3.05) is 26.4 Å². The van der Waals surface area contributed by atoms with Gasteiger partial charge in [-0.05, 0) is 70.3 Å². The Kier molecular flexibility index (Phi) is 38.7. The van der Waals surface area contributed by atoms with Crippen LogP contribution in [-0.4, -0.2) is 43.3 Å². The van der Waals surface area contributed by atoms with Crippen LogP contribution >= 0.6 is 7.82 Å². The van der Waals surface area contributed by atoms with Gasteiger partial charge in [-0.2, -0.15) is 0 Å². The maximum atomic E-state index is 12.5. The van der Waals surface area contributed by atoms with E-state index in [9.17, 15) is 14.3 Å². The van der Waals surface area contributed by atoms with Crippen LogP contribution < -0.4 is 5.73 Å². The molecular formula is C43H78NO7P. The number of rotatable bonds is 39. The van der Waals surface area contributed by atoms with Crippen LogP contribution in [0.25, 0.3) is 0 Å². The predicted molar refractivity (Wildman–Crippen MR) is 219 cm³/mol. The molecule has 0 aliphatic carbocycles. The fourth-order valence-corrected chi connectivity index (χ4v) is 6.18. The number of hydrogen-bond donors (Lipinski definition) is 2. The molecule has 3 N–H and O–H groups in total. The highest BCUT2D eigenvalue weighted by Crippen LogP contribution is 2.43. The second-order valence-corrected chi connectivity index (χ2v) is 15.0. The molecule has 0 aromatic heterocycles. The summed E-state index contributed by atoms with van der Waals surface area (Å²) in [4.78, 5) is 22.4. The predicted octanol–water partition coefficient (Wildman–Crippen LogP) is 12.5. The van der Waals surface area contributed by atoms with E-state index in [4.69, 9.17) is 24.3 Å². The molecule has 0 aromatic carbocycles. The first-order chi connectivity index (χ1) is 25.4. The molecule has 0 aromatic rings. The summed E-state index contributed by atoms with van der Waals surface area (Å²) < 4.78 is 33.1. The smallest absolute Gasteiger partial charge is 0.472 e. The first-order valence-corrected chi connectivity index (χ1v) is 22.3. The van der Waals surface area contributed by atoms with Crippen LogP contribution in [0.15, 0.2) is 60.9 Å². The molecule has 0 spiro atoms. The normalized spacial score (nSPS) is 14.1. The number of ether oxygens (including phenoxy) is 2. The number of nitrogens with two attached hydrogens (primary N) is 1. The Morgan fingerprint density at radius 1 is 0.596 bits per heavy atom. The Balaban J connectivity index is 4.19. The highest BCUT2D eigenvalue weighted by Gasteiger charge is 2.25. The highest BCUT2D eigenvalue weighted by atomic mass is 31.2. The zero-order valence-electron chi connectivity index (χ0n) is 33.3. The van der Waals surface area contributed by atoms with Gasteiger partial charge in [0.1, 0.15) is 6.61 Å². The zero-order chi connectivity index (χ0) is 38.1. The third-order valence-corrected chi connectivity index (χ3v) is 9.49. The molecule has 302 valence electrons. The molecule has 0 radical (unpaired) electrons. The zero-order valence-corrected chi connectivity index (χ0v) is 34.2. The van der Waals surface area contributed by atoms with Crippen LogP contribution in [0.3, 0.4) is 0 Å². The van der Waals surface area contributed by atoms with Crippen LogP contribution in [0.1, 0.15) is 174 Å². The largest absolute Gasteiger partial charge is 0.498 e. The van der Waals surface area contributed by atoms with Crippen molar-refractivity contribution >= 4 is 13.8 Å². The fourth-order valence-electron chi connectivity index (χ4n) is 5.42. The quantitative estimate of drug-likeness (QED) is 0.0210. The average Bonchev–Trinajstić information content (AvgIpc) is 3.13. The fraction of sp³-hybridized carbons (Fsp3) is 0.744. The molecule has 0 bridgehead atoms.